The fourth-order valence-electron chi connectivity index (χ4n) is 12.8. The van der Waals surface area contributed by atoms with Crippen molar-refractivity contribution in [3.8, 4) is 34.5 Å². The van der Waals surface area contributed by atoms with Crippen LogP contribution in [-0.4, -0.2) is 174 Å². The highest BCUT2D eigenvalue weighted by Gasteiger charge is 2.34. The number of esters is 7. The molecule has 6 heterocycles. The predicted molar refractivity (Wildman–Crippen MR) is 473 cm³/mol. The van der Waals surface area contributed by atoms with Crippen molar-refractivity contribution < 1.29 is 144 Å². The largest absolute Gasteiger partial charge is 0.508 e. The van der Waals surface area contributed by atoms with Gasteiger partial charge in [-0.15, -0.1) is 12.4 Å². The minimum atomic E-state index is -0.849. The number of fused-ring (bicyclic) bond motifs is 6. The Morgan fingerprint density at radius 1 is 0.435 bits per heavy atom. The third kappa shape index (κ3) is 37.7. The van der Waals surface area contributed by atoms with Gasteiger partial charge in [0.05, 0.1) is 110 Å². The molecule has 0 radical (unpaired) electrons. The second-order valence-electron chi connectivity index (χ2n) is 28.4. The summed E-state index contributed by atoms with van der Waals surface area (Å²) in [6.45, 7) is 15.5. The van der Waals surface area contributed by atoms with E-state index in [0.29, 0.717) is 72.2 Å². The molecule has 5 aliphatic heterocycles. The Bertz CT molecular complexity index is 5220. The molecule has 37 nitrogen and oxygen atoms in total. The van der Waals surface area contributed by atoms with E-state index in [-0.39, 0.29) is 190 Å². The molecule has 2 unspecified atom stereocenters. The number of hydrogen-bond acceptors (Lipinski definition) is 33. The number of aliphatic carboxylic acids is 1. The van der Waals surface area contributed by atoms with Gasteiger partial charge in [-0.2, -0.15) is 0 Å². The zero-order valence-electron chi connectivity index (χ0n) is 73.4. The Hall–Kier alpha value is -14.7. The van der Waals surface area contributed by atoms with Crippen LogP contribution in [0.5, 0.6) is 34.5 Å². The van der Waals surface area contributed by atoms with Crippen LogP contribution in [0.15, 0.2) is 167 Å². The summed E-state index contributed by atoms with van der Waals surface area (Å²) in [5, 5.41) is 41.9. The molecule has 5 atom stereocenters. The lowest BCUT2D eigenvalue weighted by Crippen LogP contribution is -2.29. The number of nitrogens with zero attached hydrogens (tertiary/aromatic N) is 2. The van der Waals surface area contributed by atoms with Crippen molar-refractivity contribution in [3.05, 3.63) is 222 Å². The van der Waals surface area contributed by atoms with Crippen LogP contribution >= 0.6 is 12.4 Å². The van der Waals surface area contributed by atoms with Crippen LogP contribution in [0.4, 0.5) is 22.7 Å². The number of aryl methyl sites for hydroxylation is 2. The number of non-ortho nitro benzene ring substituents is 2. The maximum atomic E-state index is 12.0. The summed E-state index contributed by atoms with van der Waals surface area (Å²) in [7, 11) is 0. The smallest absolute Gasteiger partial charge is 0.313 e. The van der Waals surface area contributed by atoms with Crippen molar-refractivity contribution in [2.45, 2.75) is 182 Å². The fourth-order valence-corrected chi connectivity index (χ4v) is 12.8. The number of hydrogen-bond donors (Lipinski definition) is 4. The van der Waals surface area contributed by atoms with Gasteiger partial charge in [-0.25, -0.2) is 0 Å². The van der Waals surface area contributed by atoms with E-state index in [4.69, 9.17) is 67.7 Å². The molecule has 5 aliphatic rings. The number of carboxylic acid groups (broad SMARTS) is 1. The number of nitrogens with one attached hydrogen (secondary N) is 1. The summed E-state index contributed by atoms with van der Waals surface area (Å²) >= 11 is 0. The Morgan fingerprint density at radius 3 is 1.26 bits per heavy atom. The van der Waals surface area contributed by atoms with Crippen molar-refractivity contribution in [3.63, 3.8) is 0 Å². The number of ether oxygens (including phenoxy) is 12. The van der Waals surface area contributed by atoms with E-state index in [1.807, 2.05) is 30.3 Å². The van der Waals surface area contributed by atoms with Gasteiger partial charge in [-0.05, 0) is 170 Å². The number of para-hydroxylation sites is 3. The van der Waals surface area contributed by atoms with Crippen LogP contribution in [0.3, 0.4) is 0 Å². The van der Waals surface area contributed by atoms with Crippen molar-refractivity contribution >= 4 is 123 Å². The highest BCUT2D eigenvalue weighted by molar-refractivity contribution is 6.04. The first kappa shape index (κ1) is 107. The molecule has 0 saturated carbocycles. The molecule has 1 aromatic heterocycles. The second-order valence-corrected chi connectivity index (χ2v) is 28.4. The first-order valence-electron chi connectivity index (χ1n) is 41.6. The number of rotatable bonds is 26. The summed E-state index contributed by atoms with van der Waals surface area (Å²) in [4.78, 5) is 179. The number of amides is 1. The van der Waals surface area contributed by atoms with Crippen LogP contribution in [0, 0.1) is 20.2 Å². The Morgan fingerprint density at radius 2 is 0.817 bits per heavy atom. The van der Waals surface area contributed by atoms with Gasteiger partial charge in [-0.3, -0.25) is 87.4 Å². The Kier molecular flexibility index (Phi) is 45.6. The lowest BCUT2D eigenvalue weighted by molar-refractivity contribution is -0.385. The summed E-state index contributed by atoms with van der Waals surface area (Å²) in [6, 6.07) is 42.7. The van der Waals surface area contributed by atoms with Gasteiger partial charge >= 0.3 is 47.8 Å². The minimum absolute atomic E-state index is 0. The lowest BCUT2D eigenvalue weighted by atomic mass is 9.98. The number of phenols is 1. The highest BCUT2D eigenvalue weighted by Crippen LogP contribution is 2.36. The number of nitrogens with two attached hydrogens (primary N) is 1. The van der Waals surface area contributed by atoms with Gasteiger partial charge < -0.3 is 82.5 Å². The monoisotopic (exact) mass is 1840 g/mol. The molecule has 702 valence electrons. The van der Waals surface area contributed by atoms with Crippen LogP contribution < -0.4 is 40.2 Å². The normalized spacial score (nSPS) is 15.1. The van der Waals surface area contributed by atoms with E-state index in [9.17, 15) is 87.4 Å². The number of phenolic OH excluding ortho intramolecular Hbond substituents is 1. The van der Waals surface area contributed by atoms with Gasteiger partial charge in [0.1, 0.15) is 95.6 Å². The van der Waals surface area contributed by atoms with Gasteiger partial charge in [-0.1, -0.05) is 42.5 Å². The zero-order chi connectivity index (χ0) is 95.4. The SMILES string of the molecule is CC(=O)Nc1ccc2c(c1)CC[C@@H](CC(=O)O)O2.CCOC(=O)CC(=O)CC(=O)OCC.CCOC(=O)CC1CC(=O)c2cc([N+](=O)[O-])ccc2O1.CCOC(=O)CC1CC(=O)c2ccccc2O1.CCOC(=O)C[C@@H]1CC(=O)c2cc([N+](=O)[O-])ccc2O1.CCOC(=O)C[C@@H]1CCc2cc(N)ccc2O1.CCOC(=O)Cc1cc(=O)c2ccccc2o1.Cl.Oc1ccccc1. The number of carbonyl (C=O) groups excluding carboxylic acids is 12. The maximum absolute atomic E-state index is 12.0. The number of nitro groups is 2. The number of Topliss-reactive ketones (excluding diaryl/α,β-unsaturated/α-hetero) is 4. The molecule has 0 spiro atoms. The topological polar surface area (TPSA) is 528 Å². The molecule has 0 aliphatic carbocycles. The summed E-state index contributed by atoms with van der Waals surface area (Å²) in [5.74, 6) is -1.72. The predicted octanol–water partition coefficient (Wildman–Crippen LogP) is 13.6. The summed E-state index contributed by atoms with van der Waals surface area (Å²) in [6.07, 6.45) is 1.16. The molecule has 8 aromatic rings. The average molecular weight is 1840 g/mol. The summed E-state index contributed by atoms with van der Waals surface area (Å²) < 4.78 is 66.7. The zero-order valence-corrected chi connectivity index (χ0v) is 74.2. The van der Waals surface area contributed by atoms with E-state index in [1.54, 1.807) is 133 Å². The first-order chi connectivity index (χ1) is 62.1. The Labute approximate surface area is 758 Å². The number of anilines is 2. The van der Waals surface area contributed by atoms with Crippen LogP contribution in [0.2, 0.25) is 0 Å². The van der Waals surface area contributed by atoms with Gasteiger partial charge in [0.2, 0.25) is 5.91 Å². The molecule has 13 rings (SSSR count). The molecule has 1 amide bonds. The van der Waals surface area contributed by atoms with Crippen LogP contribution in [0.1, 0.15) is 180 Å². The minimum Gasteiger partial charge on any atom is -0.508 e. The van der Waals surface area contributed by atoms with Crippen molar-refractivity contribution in [1.29, 1.82) is 0 Å². The van der Waals surface area contributed by atoms with Gasteiger partial charge in [0.15, 0.2) is 28.6 Å². The number of carbonyl (C=O) groups is 13. The van der Waals surface area contributed by atoms with Crippen LogP contribution in [0.25, 0.3) is 11.0 Å². The van der Waals surface area contributed by atoms with Crippen molar-refractivity contribution in [2.75, 3.05) is 57.3 Å². The van der Waals surface area contributed by atoms with Crippen LogP contribution in [-0.2, 0) is 100 Å². The second kappa shape index (κ2) is 55.8. The highest BCUT2D eigenvalue weighted by atomic mass is 35.5. The molecule has 0 fully saturated rings. The quantitative estimate of drug-likeness (QED) is 0.00976. The molecule has 0 saturated heterocycles. The molecular formula is C93H105ClN4O33. The number of nitro benzene ring substituents is 2. The van der Waals surface area contributed by atoms with Crippen molar-refractivity contribution in [1.82, 2.24) is 0 Å². The number of halogens is 1. The third-order valence-electron chi connectivity index (χ3n) is 18.3. The molecular weight excluding hydrogens is 1740 g/mol. The lowest BCUT2D eigenvalue weighted by Gasteiger charge is -2.25. The summed E-state index contributed by atoms with van der Waals surface area (Å²) in [5.41, 5.74) is 10.3. The molecule has 131 heavy (non-hydrogen) atoms. The van der Waals surface area contributed by atoms with E-state index in [1.165, 1.54) is 49.4 Å². The third-order valence-corrected chi connectivity index (χ3v) is 18.3. The molecule has 5 N–H and O–H groups in total. The van der Waals surface area contributed by atoms with Gasteiger partial charge in [0.25, 0.3) is 11.4 Å². The van der Waals surface area contributed by atoms with E-state index >= 15 is 0 Å². The number of nitrogen functional groups attached to an aromatic ring is 1. The molecule has 0 bridgehead atoms. The fraction of sp³-hybridized carbons (Fsp3) is 0.376. The first-order valence-corrected chi connectivity index (χ1v) is 41.6. The molecule has 38 heteroatoms. The standard InChI is InChI=1S/2C13H13NO6.C13H15NO4.C13H17NO3.C13H14O4.C13H12O4.C9H14O5.C6H6O.ClH/c2*1-2-19-13(16)7-9-6-11(15)10-5-8(14(17)18)3-4-12(10)20-9;1-8(15)14-10-3-5-12-9(6-10)2-4-11(18-12)7-13(16)17;1-2-16-13(15)8-11-5-3-9-7-10(14)4-6-12(9)17-11;2*1-2-16-13(15)8-9-7-11(14)10-5-3-4-6-12(10)17-9;1-3-13-8(11)5-7(10)6-9(12)14-4-2;7-6-4-2-1-3-5-6;/h2*3-5,9H,2,6-7H2,1H3;3,5-6,11H,2,4,7H2,1H3,(H,14,15)(H,16,17);4,6-7,11H,2-3,5,8,14H2,1H3;3-6,9H,2,7-8H2,1H3;3-7H,2,8H2,1H3;3-6H2,1-2H3;1-5,7H;1H/t9-;;2*11-;;;;;/m0.00...../s1. The molecule has 7 aromatic carbocycles. The van der Waals surface area contributed by atoms with E-state index < -0.39 is 69.8 Å². The Balaban J connectivity index is 0.000000267. The number of carboxylic acids is 1. The van der Waals surface area contributed by atoms with E-state index in [2.05, 4.69) is 14.8 Å². The number of benzene rings is 7. The maximum Gasteiger partial charge on any atom is 0.313 e. The number of ketones is 4. The average Bonchev–Trinajstić information content (AvgIpc) is 0.871. The van der Waals surface area contributed by atoms with Crippen molar-refractivity contribution in [2.24, 2.45) is 0 Å². The van der Waals surface area contributed by atoms with Gasteiger partial charge in [0, 0.05) is 67.9 Å². The van der Waals surface area contributed by atoms with E-state index in [0.717, 1.165) is 47.5 Å². The number of aromatic hydroxyl groups is 1.